The zero-order valence-corrected chi connectivity index (χ0v) is 14.1. The summed E-state index contributed by atoms with van der Waals surface area (Å²) in [7, 11) is 0. The molecule has 1 atom stereocenters. The first-order chi connectivity index (χ1) is 9.33. The molecule has 8 heteroatoms. The van der Waals surface area contributed by atoms with Gasteiger partial charge in [0, 0.05) is 18.1 Å². The second kappa shape index (κ2) is 8.90. The van der Waals surface area contributed by atoms with Gasteiger partial charge in [0.15, 0.2) is 0 Å². The molecular formula is C13H21Cl2N3O2S. The third-order valence-electron chi connectivity index (χ3n) is 3.55. The first-order valence-corrected chi connectivity index (χ1v) is 7.70. The Hall–Kier alpha value is -0.400. The smallest absolute Gasteiger partial charge is 0.236 e. The van der Waals surface area contributed by atoms with Crippen molar-refractivity contribution in [3.8, 4) is 0 Å². The number of rotatable bonds is 5. The van der Waals surface area contributed by atoms with Crippen molar-refractivity contribution in [1.82, 2.24) is 15.2 Å². The van der Waals surface area contributed by atoms with E-state index in [0.717, 1.165) is 17.5 Å². The molecule has 0 bridgehead atoms. The van der Waals surface area contributed by atoms with E-state index in [4.69, 9.17) is 4.74 Å². The van der Waals surface area contributed by atoms with E-state index in [1.807, 2.05) is 10.3 Å². The Morgan fingerprint density at radius 3 is 2.95 bits per heavy atom. The second-order valence-electron chi connectivity index (χ2n) is 5.14. The zero-order valence-electron chi connectivity index (χ0n) is 11.7. The molecule has 0 radical (unpaired) electrons. The maximum atomic E-state index is 12.1. The first kappa shape index (κ1) is 18.6. The minimum absolute atomic E-state index is 0. The number of carbonyl (C=O) groups is 1. The van der Waals surface area contributed by atoms with Gasteiger partial charge in [-0.15, -0.1) is 36.2 Å². The molecular weight excluding hydrogens is 333 g/mol. The van der Waals surface area contributed by atoms with Gasteiger partial charge in [0.25, 0.3) is 0 Å². The van der Waals surface area contributed by atoms with Crippen molar-refractivity contribution in [2.75, 3.05) is 32.8 Å². The molecule has 21 heavy (non-hydrogen) atoms. The fourth-order valence-electron chi connectivity index (χ4n) is 2.24. The average molecular weight is 354 g/mol. The van der Waals surface area contributed by atoms with Gasteiger partial charge in [-0.25, -0.2) is 4.98 Å². The zero-order chi connectivity index (χ0) is 13.1. The molecule has 1 saturated carbocycles. The number of aromatic nitrogens is 1. The summed E-state index contributed by atoms with van der Waals surface area (Å²) in [6.45, 7) is 3.33. The lowest BCUT2D eigenvalue weighted by molar-refractivity contribution is -0.138. The van der Waals surface area contributed by atoms with E-state index in [0.29, 0.717) is 26.2 Å². The molecule has 1 saturated heterocycles. The predicted octanol–water partition coefficient (Wildman–Crippen LogP) is 1.89. The van der Waals surface area contributed by atoms with Gasteiger partial charge in [0.2, 0.25) is 5.91 Å². The van der Waals surface area contributed by atoms with E-state index in [2.05, 4.69) is 10.3 Å². The fraction of sp³-hybridized carbons (Fsp3) is 0.692. The largest absolute Gasteiger partial charge is 0.367 e. The highest BCUT2D eigenvalue weighted by atomic mass is 35.5. The third kappa shape index (κ3) is 5.38. The molecule has 2 aliphatic rings. The van der Waals surface area contributed by atoms with E-state index in [-0.39, 0.29) is 36.8 Å². The summed E-state index contributed by atoms with van der Waals surface area (Å²) in [6, 6.07) is 0. The Labute approximate surface area is 141 Å². The van der Waals surface area contributed by atoms with Gasteiger partial charge in [0.05, 0.1) is 19.7 Å². The van der Waals surface area contributed by atoms with Crippen LogP contribution in [0.25, 0.3) is 0 Å². The van der Waals surface area contributed by atoms with Gasteiger partial charge in [-0.1, -0.05) is 0 Å². The number of hydrogen-bond donors (Lipinski definition) is 1. The quantitative estimate of drug-likeness (QED) is 0.877. The van der Waals surface area contributed by atoms with Crippen molar-refractivity contribution in [2.45, 2.75) is 18.9 Å². The van der Waals surface area contributed by atoms with Crippen LogP contribution in [0.15, 0.2) is 11.6 Å². The van der Waals surface area contributed by atoms with Crippen molar-refractivity contribution >= 4 is 42.1 Å². The molecule has 120 valence electrons. The molecule has 0 aromatic carbocycles. The third-order valence-corrected chi connectivity index (χ3v) is 4.42. The van der Waals surface area contributed by atoms with Gasteiger partial charge in [-0.05, 0) is 25.3 Å². The van der Waals surface area contributed by atoms with Crippen LogP contribution in [-0.4, -0.2) is 48.6 Å². The van der Waals surface area contributed by atoms with Crippen LogP contribution in [0, 0.1) is 5.92 Å². The molecule has 1 aromatic rings. The molecule has 0 spiro atoms. The number of nitrogens with zero attached hydrogens (tertiary/aromatic N) is 2. The lowest BCUT2D eigenvalue weighted by Crippen LogP contribution is -2.46. The van der Waals surface area contributed by atoms with Crippen molar-refractivity contribution in [2.24, 2.45) is 5.92 Å². The van der Waals surface area contributed by atoms with E-state index in [1.54, 1.807) is 17.5 Å². The molecule has 3 rings (SSSR count). The number of nitrogens with one attached hydrogen (secondary N) is 1. The van der Waals surface area contributed by atoms with Crippen molar-refractivity contribution in [1.29, 1.82) is 0 Å². The highest BCUT2D eigenvalue weighted by Gasteiger charge is 2.27. The summed E-state index contributed by atoms with van der Waals surface area (Å²) < 4.78 is 5.69. The normalized spacial score (nSPS) is 21.3. The van der Waals surface area contributed by atoms with Crippen LogP contribution in [0.2, 0.25) is 0 Å². The molecule has 5 nitrogen and oxygen atoms in total. The summed E-state index contributed by atoms with van der Waals surface area (Å²) in [4.78, 5) is 18.3. The van der Waals surface area contributed by atoms with E-state index in [1.165, 1.54) is 12.8 Å². The molecule has 2 fully saturated rings. The highest BCUT2D eigenvalue weighted by Crippen LogP contribution is 2.27. The maximum absolute atomic E-state index is 12.1. The number of carbonyl (C=O) groups excluding carboxylic acids is 1. The van der Waals surface area contributed by atoms with E-state index >= 15 is 0 Å². The van der Waals surface area contributed by atoms with Crippen LogP contribution in [-0.2, 0) is 9.53 Å². The van der Waals surface area contributed by atoms with Crippen LogP contribution in [0.3, 0.4) is 0 Å². The maximum Gasteiger partial charge on any atom is 0.236 e. The number of thiazole rings is 1. The Morgan fingerprint density at radius 1 is 1.48 bits per heavy atom. The molecule has 1 aliphatic heterocycles. The molecule has 1 aromatic heterocycles. The average Bonchev–Trinajstić information content (AvgIpc) is 3.10. The Bertz CT molecular complexity index is 429. The summed E-state index contributed by atoms with van der Waals surface area (Å²) in [5, 5.41) is 6.15. The minimum atomic E-state index is -0.0545. The van der Waals surface area contributed by atoms with E-state index < -0.39 is 0 Å². The van der Waals surface area contributed by atoms with Crippen LogP contribution in [0.1, 0.15) is 24.0 Å². The summed E-state index contributed by atoms with van der Waals surface area (Å²) in [6.07, 6.45) is 4.35. The highest BCUT2D eigenvalue weighted by molar-refractivity contribution is 7.09. The summed E-state index contributed by atoms with van der Waals surface area (Å²) in [5.74, 6) is 0.978. The van der Waals surface area contributed by atoms with E-state index in [9.17, 15) is 4.79 Å². The lowest BCUT2D eigenvalue weighted by atomic mass is 10.2. The minimum Gasteiger partial charge on any atom is -0.367 e. The van der Waals surface area contributed by atoms with Crippen LogP contribution >= 0.6 is 36.2 Å². The Balaban J connectivity index is 0.00000110. The van der Waals surface area contributed by atoms with Crippen LogP contribution < -0.4 is 5.32 Å². The molecule has 1 unspecified atom stereocenters. The monoisotopic (exact) mass is 353 g/mol. The van der Waals surface area contributed by atoms with Crippen molar-refractivity contribution in [3.63, 3.8) is 0 Å². The Morgan fingerprint density at radius 2 is 2.29 bits per heavy atom. The molecule has 1 N–H and O–H groups in total. The molecule has 2 heterocycles. The first-order valence-electron chi connectivity index (χ1n) is 6.82. The number of hydrogen-bond acceptors (Lipinski definition) is 5. The number of halogens is 2. The van der Waals surface area contributed by atoms with Crippen LogP contribution in [0.5, 0.6) is 0 Å². The van der Waals surface area contributed by atoms with Gasteiger partial charge < -0.3 is 15.0 Å². The standard InChI is InChI=1S/C13H19N3O2S.2ClH/c17-12(8-14-7-10-1-2-10)16-4-5-18-11(9-16)13-15-3-6-19-13;;/h3,6,10-11,14H,1-2,4-5,7-9H2;2*1H. The van der Waals surface area contributed by atoms with Gasteiger partial charge in [0.1, 0.15) is 11.1 Å². The van der Waals surface area contributed by atoms with Crippen molar-refractivity contribution < 1.29 is 9.53 Å². The number of morpholine rings is 1. The van der Waals surface area contributed by atoms with Gasteiger partial charge in [-0.2, -0.15) is 0 Å². The summed E-state index contributed by atoms with van der Waals surface area (Å²) in [5.41, 5.74) is 0. The topological polar surface area (TPSA) is 54.5 Å². The predicted molar refractivity (Wildman–Crippen MR) is 87.5 cm³/mol. The SMILES string of the molecule is Cl.Cl.O=C(CNCC1CC1)N1CCOC(c2nccs2)C1. The van der Waals surface area contributed by atoms with Crippen LogP contribution in [0.4, 0.5) is 0 Å². The second-order valence-corrected chi connectivity index (χ2v) is 6.07. The van der Waals surface area contributed by atoms with Gasteiger partial charge >= 0.3 is 0 Å². The lowest BCUT2D eigenvalue weighted by Gasteiger charge is -2.32. The molecule has 1 aliphatic carbocycles. The Kier molecular flexibility index (Phi) is 7.90. The fourth-order valence-corrected chi connectivity index (χ4v) is 2.91. The number of ether oxygens (including phenoxy) is 1. The number of amides is 1. The summed E-state index contributed by atoms with van der Waals surface area (Å²) >= 11 is 1.58. The molecule has 1 amide bonds. The van der Waals surface area contributed by atoms with Crippen molar-refractivity contribution in [3.05, 3.63) is 16.6 Å². The van der Waals surface area contributed by atoms with Gasteiger partial charge in [-0.3, -0.25) is 4.79 Å².